The highest BCUT2D eigenvalue weighted by atomic mass is 35.5. The molecule has 0 saturated carbocycles. The third kappa shape index (κ3) is 6.82. The molecule has 0 bridgehead atoms. The molecule has 0 saturated heterocycles. The Morgan fingerprint density at radius 3 is 2.82 bits per heavy atom. The summed E-state index contributed by atoms with van der Waals surface area (Å²) < 4.78 is 7.51. The van der Waals surface area contributed by atoms with Crippen LogP contribution in [0.15, 0.2) is 95.4 Å². The number of allylic oxidation sites excluding steroid dienone is 3. The van der Waals surface area contributed by atoms with E-state index in [1.165, 1.54) is 0 Å². The van der Waals surface area contributed by atoms with Gasteiger partial charge in [-0.05, 0) is 37.1 Å². The van der Waals surface area contributed by atoms with Gasteiger partial charge in [0.05, 0.1) is 25.0 Å². The summed E-state index contributed by atoms with van der Waals surface area (Å²) in [5.74, 6) is 0.895. The molecule has 0 aliphatic carbocycles. The Kier molecular flexibility index (Phi) is 9.32. The minimum atomic E-state index is -0.455. The summed E-state index contributed by atoms with van der Waals surface area (Å²) in [6.07, 6.45) is 6.28. The summed E-state index contributed by atoms with van der Waals surface area (Å²) in [6, 6.07) is 13.2. The zero-order chi connectivity index (χ0) is 27.9. The van der Waals surface area contributed by atoms with Gasteiger partial charge in [-0.1, -0.05) is 55.1 Å². The lowest BCUT2D eigenvalue weighted by Crippen LogP contribution is -2.35. The third-order valence-electron chi connectivity index (χ3n) is 6.41. The van der Waals surface area contributed by atoms with Gasteiger partial charge in [0.25, 0.3) is 0 Å². The molecule has 1 aliphatic heterocycles. The average molecular weight is 563 g/mol. The van der Waals surface area contributed by atoms with Crippen molar-refractivity contribution in [2.45, 2.75) is 31.2 Å². The lowest BCUT2D eigenvalue weighted by Gasteiger charge is -2.30. The topological polar surface area (TPSA) is 90.4 Å². The maximum absolute atomic E-state index is 13.2. The standard InChI is InChI=1S/C30H31ClN4O3S/c1-4-26(31)20(2)21(3)38-14-7-12-28(36)35-13-15-39-29-25(10-6-11-27(29)35)24-17-33-34(19-24)18-22-8-5-9-23(16-22)30(32)37/h4-6,8-11,16-17,19H,1,3,7,12-15,18H2,2H3,(H2,32,37)/b26-20+. The number of carbonyl (C=O) groups excluding carboxylic acids is 2. The van der Waals surface area contributed by atoms with E-state index >= 15 is 0 Å². The van der Waals surface area contributed by atoms with Crippen molar-refractivity contribution in [3.05, 3.63) is 102 Å². The van der Waals surface area contributed by atoms with E-state index < -0.39 is 5.91 Å². The van der Waals surface area contributed by atoms with Gasteiger partial charge in [-0.15, -0.1) is 11.8 Å². The molecule has 1 aromatic heterocycles. The number of hydrogen-bond donors (Lipinski definition) is 1. The number of amides is 2. The van der Waals surface area contributed by atoms with E-state index in [9.17, 15) is 9.59 Å². The molecule has 0 atom stereocenters. The molecule has 3 aromatic rings. The maximum Gasteiger partial charge on any atom is 0.248 e. The second-order valence-electron chi connectivity index (χ2n) is 9.09. The molecule has 7 nitrogen and oxygen atoms in total. The fourth-order valence-corrected chi connectivity index (χ4v) is 5.53. The lowest BCUT2D eigenvalue weighted by atomic mass is 10.1. The highest BCUT2D eigenvalue weighted by Gasteiger charge is 2.25. The van der Waals surface area contributed by atoms with Gasteiger partial charge in [-0.3, -0.25) is 14.3 Å². The van der Waals surface area contributed by atoms with E-state index in [-0.39, 0.29) is 5.91 Å². The normalized spacial score (nSPS) is 13.3. The molecule has 2 aromatic carbocycles. The van der Waals surface area contributed by atoms with Crippen molar-refractivity contribution < 1.29 is 14.3 Å². The number of carbonyl (C=O) groups is 2. The van der Waals surface area contributed by atoms with E-state index in [4.69, 9.17) is 22.1 Å². The Bertz CT molecular complexity index is 1450. The molecule has 2 heterocycles. The molecule has 2 amide bonds. The Labute approximate surface area is 238 Å². The van der Waals surface area contributed by atoms with Crippen molar-refractivity contribution in [3.63, 3.8) is 0 Å². The summed E-state index contributed by atoms with van der Waals surface area (Å²) in [5, 5.41) is 5.03. The fourth-order valence-electron chi connectivity index (χ4n) is 4.28. The van der Waals surface area contributed by atoms with Gasteiger partial charge in [0.2, 0.25) is 11.8 Å². The van der Waals surface area contributed by atoms with Gasteiger partial charge < -0.3 is 15.4 Å². The zero-order valence-corrected chi connectivity index (χ0v) is 23.4. The second-order valence-corrected chi connectivity index (χ2v) is 10.6. The SMILES string of the molecule is C=C/C(Cl)=C(/C)C(=C)OCCCC(=O)N1CCSc2c(-c3cnn(Cc4cccc(C(N)=O)c4)c3)cccc21. The molecular formula is C30H31ClN4O3S. The van der Waals surface area contributed by atoms with Gasteiger partial charge in [-0.2, -0.15) is 5.10 Å². The van der Waals surface area contributed by atoms with Crippen molar-refractivity contribution >= 4 is 40.9 Å². The Morgan fingerprint density at radius 2 is 2.05 bits per heavy atom. The van der Waals surface area contributed by atoms with Crippen LogP contribution in [0.5, 0.6) is 0 Å². The van der Waals surface area contributed by atoms with E-state index in [0.29, 0.717) is 48.9 Å². The van der Waals surface area contributed by atoms with Gasteiger partial charge in [0, 0.05) is 57.1 Å². The van der Waals surface area contributed by atoms with Crippen LogP contribution < -0.4 is 10.6 Å². The summed E-state index contributed by atoms with van der Waals surface area (Å²) >= 11 is 7.82. The molecule has 0 fully saturated rings. The number of nitrogens with two attached hydrogens (primary N) is 1. The predicted octanol–water partition coefficient (Wildman–Crippen LogP) is 6.15. The van der Waals surface area contributed by atoms with E-state index in [1.807, 2.05) is 53.2 Å². The molecule has 39 heavy (non-hydrogen) atoms. The number of hydrogen-bond acceptors (Lipinski definition) is 5. The first-order valence-corrected chi connectivity index (χ1v) is 13.9. The monoisotopic (exact) mass is 562 g/mol. The Balaban J connectivity index is 1.43. The van der Waals surface area contributed by atoms with Gasteiger partial charge in [-0.25, -0.2) is 0 Å². The maximum atomic E-state index is 13.2. The van der Waals surface area contributed by atoms with Crippen LogP contribution in [0.1, 0.15) is 35.7 Å². The van der Waals surface area contributed by atoms with Crippen molar-refractivity contribution in [1.29, 1.82) is 0 Å². The fraction of sp³-hybridized carbons (Fsp3) is 0.233. The smallest absolute Gasteiger partial charge is 0.248 e. The number of primary amides is 1. The van der Waals surface area contributed by atoms with E-state index in [1.54, 1.807) is 30.0 Å². The molecule has 9 heteroatoms. The number of thioether (sulfide) groups is 1. The molecule has 0 spiro atoms. The summed E-state index contributed by atoms with van der Waals surface area (Å²) in [4.78, 5) is 27.6. The molecule has 202 valence electrons. The lowest BCUT2D eigenvalue weighted by molar-refractivity contribution is -0.118. The molecule has 0 radical (unpaired) electrons. The van der Waals surface area contributed by atoms with Crippen LogP contribution in [0.25, 0.3) is 11.1 Å². The first-order chi connectivity index (χ1) is 18.8. The number of fused-ring (bicyclic) bond motifs is 1. The second kappa shape index (κ2) is 12.9. The van der Waals surface area contributed by atoms with E-state index in [0.717, 1.165) is 38.6 Å². The zero-order valence-electron chi connectivity index (χ0n) is 21.9. The predicted molar refractivity (Wildman–Crippen MR) is 158 cm³/mol. The summed E-state index contributed by atoms with van der Waals surface area (Å²) in [5.41, 5.74) is 10.5. The van der Waals surface area contributed by atoms with Crippen molar-refractivity contribution in [2.75, 3.05) is 23.8 Å². The number of rotatable bonds is 11. The van der Waals surface area contributed by atoms with Crippen LogP contribution in [0, 0.1) is 0 Å². The Morgan fingerprint density at radius 1 is 1.26 bits per heavy atom. The molecule has 1 aliphatic rings. The Hall–Kier alpha value is -3.75. The number of halogens is 1. The average Bonchev–Trinajstić information content (AvgIpc) is 3.41. The van der Waals surface area contributed by atoms with Crippen molar-refractivity contribution in [2.24, 2.45) is 5.73 Å². The van der Waals surface area contributed by atoms with Crippen LogP contribution in [0.3, 0.4) is 0 Å². The quantitative estimate of drug-likeness (QED) is 0.172. The number of ether oxygens (including phenoxy) is 1. The largest absolute Gasteiger partial charge is 0.494 e. The third-order valence-corrected chi connectivity index (χ3v) is 7.96. The van der Waals surface area contributed by atoms with Gasteiger partial charge in [0.15, 0.2) is 0 Å². The molecule has 0 unspecified atom stereocenters. The summed E-state index contributed by atoms with van der Waals surface area (Å²) in [7, 11) is 0. The first kappa shape index (κ1) is 28.3. The van der Waals surface area contributed by atoms with Crippen LogP contribution in [0.4, 0.5) is 5.69 Å². The number of aromatic nitrogens is 2. The van der Waals surface area contributed by atoms with Gasteiger partial charge >= 0.3 is 0 Å². The number of nitrogens with zero attached hydrogens (tertiary/aromatic N) is 3. The first-order valence-electron chi connectivity index (χ1n) is 12.6. The van der Waals surface area contributed by atoms with Crippen molar-refractivity contribution in [1.82, 2.24) is 9.78 Å². The van der Waals surface area contributed by atoms with Crippen LogP contribution in [0.2, 0.25) is 0 Å². The molecule has 2 N–H and O–H groups in total. The van der Waals surface area contributed by atoms with Crippen molar-refractivity contribution in [3.8, 4) is 11.1 Å². The molecule has 4 rings (SSSR count). The summed E-state index contributed by atoms with van der Waals surface area (Å²) in [6.45, 7) is 10.9. The highest BCUT2D eigenvalue weighted by Crippen LogP contribution is 2.42. The minimum Gasteiger partial charge on any atom is -0.494 e. The minimum absolute atomic E-state index is 0.0596. The number of benzene rings is 2. The van der Waals surface area contributed by atoms with Crippen LogP contribution in [-0.4, -0.2) is 40.5 Å². The number of anilines is 1. The van der Waals surface area contributed by atoms with E-state index in [2.05, 4.69) is 24.3 Å². The molecular weight excluding hydrogens is 532 g/mol. The highest BCUT2D eigenvalue weighted by molar-refractivity contribution is 7.99. The van der Waals surface area contributed by atoms with Gasteiger partial charge in [0.1, 0.15) is 5.76 Å². The van der Waals surface area contributed by atoms with Crippen LogP contribution in [-0.2, 0) is 16.1 Å². The van der Waals surface area contributed by atoms with Crippen LogP contribution >= 0.6 is 23.4 Å².